The van der Waals surface area contributed by atoms with Crippen LogP contribution in [0.25, 0.3) is 0 Å². The van der Waals surface area contributed by atoms with E-state index in [-0.39, 0.29) is 0 Å². The highest BCUT2D eigenvalue weighted by Gasteiger charge is 2.20. The first-order chi connectivity index (χ1) is 8.74. The Hall–Kier alpha value is -1.01. The van der Waals surface area contributed by atoms with Crippen molar-refractivity contribution in [2.75, 3.05) is 11.4 Å². The Labute approximate surface area is 118 Å². The fraction of sp³-hybridized carbons (Fsp3) is 0.533. The van der Waals surface area contributed by atoms with Crippen molar-refractivity contribution in [2.24, 2.45) is 0 Å². The van der Waals surface area contributed by atoms with Gasteiger partial charge in [0.2, 0.25) is 0 Å². The van der Waals surface area contributed by atoms with Crippen molar-refractivity contribution >= 4 is 21.6 Å². The fourth-order valence-electron chi connectivity index (χ4n) is 2.85. The van der Waals surface area contributed by atoms with Gasteiger partial charge in [0, 0.05) is 22.7 Å². The van der Waals surface area contributed by atoms with Crippen LogP contribution >= 0.6 is 15.9 Å². The number of anilines is 1. The molecule has 96 valence electrons. The number of nitriles is 1. The van der Waals surface area contributed by atoms with E-state index in [0.29, 0.717) is 6.04 Å². The van der Waals surface area contributed by atoms with Crippen LogP contribution in [0.3, 0.4) is 0 Å². The van der Waals surface area contributed by atoms with Crippen molar-refractivity contribution in [3.8, 4) is 6.07 Å². The van der Waals surface area contributed by atoms with E-state index >= 15 is 0 Å². The lowest BCUT2D eigenvalue weighted by Gasteiger charge is -2.35. The van der Waals surface area contributed by atoms with Crippen LogP contribution in [0, 0.1) is 11.3 Å². The van der Waals surface area contributed by atoms with Crippen molar-refractivity contribution in [3.63, 3.8) is 0 Å². The highest BCUT2D eigenvalue weighted by molar-refractivity contribution is 9.10. The summed E-state index contributed by atoms with van der Waals surface area (Å²) in [5.41, 5.74) is 1.91. The molecule has 0 radical (unpaired) electrons. The minimum atomic E-state index is 0.643. The molecule has 0 unspecified atom stereocenters. The number of nitrogens with zero attached hydrogens (tertiary/aromatic N) is 2. The van der Waals surface area contributed by atoms with E-state index in [1.165, 1.54) is 37.8 Å². The van der Waals surface area contributed by atoms with E-state index in [0.717, 1.165) is 16.6 Å². The number of halogens is 1. The van der Waals surface area contributed by atoms with Crippen molar-refractivity contribution < 1.29 is 0 Å². The van der Waals surface area contributed by atoms with E-state index < -0.39 is 0 Å². The fourth-order valence-corrected chi connectivity index (χ4v) is 3.33. The van der Waals surface area contributed by atoms with Gasteiger partial charge in [-0.25, -0.2) is 0 Å². The second-order valence-corrected chi connectivity index (χ2v) is 5.80. The topological polar surface area (TPSA) is 27.0 Å². The normalized spacial score (nSPS) is 16.3. The first kappa shape index (κ1) is 13.4. The smallest absolute Gasteiger partial charge is 0.0992 e. The van der Waals surface area contributed by atoms with Crippen LogP contribution < -0.4 is 4.90 Å². The Morgan fingerprint density at radius 3 is 2.61 bits per heavy atom. The van der Waals surface area contributed by atoms with Crippen LogP contribution in [-0.4, -0.2) is 12.6 Å². The zero-order chi connectivity index (χ0) is 13.0. The van der Waals surface area contributed by atoms with Gasteiger partial charge in [-0.2, -0.15) is 5.26 Å². The summed E-state index contributed by atoms with van der Waals surface area (Å²) in [5.74, 6) is 0. The average Bonchev–Trinajstić information content (AvgIpc) is 2.40. The molecule has 1 aliphatic rings. The summed E-state index contributed by atoms with van der Waals surface area (Å²) in [6.07, 6.45) is 6.60. The molecule has 0 heterocycles. The zero-order valence-corrected chi connectivity index (χ0v) is 12.4. The Morgan fingerprint density at radius 1 is 1.28 bits per heavy atom. The predicted molar refractivity (Wildman–Crippen MR) is 78.8 cm³/mol. The van der Waals surface area contributed by atoms with Crippen LogP contribution in [0.1, 0.15) is 44.6 Å². The second kappa shape index (κ2) is 6.24. The van der Waals surface area contributed by atoms with Crippen molar-refractivity contribution in [3.05, 3.63) is 28.2 Å². The Balaban J connectivity index is 2.26. The molecule has 0 N–H and O–H groups in total. The largest absolute Gasteiger partial charge is 0.369 e. The summed E-state index contributed by atoms with van der Waals surface area (Å²) in [6, 6.07) is 8.88. The molecule has 3 heteroatoms. The lowest BCUT2D eigenvalue weighted by Crippen LogP contribution is -2.36. The molecule has 1 aliphatic carbocycles. The van der Waals surface area contributed by atoms with E-state index in [4.69, 9.17) is 5.26 Å². The molecule has 2 rings (SSSR count). The highest BCUT2D eigenvalue weighted by Crippen LogP contribution is 2.29. The van der Waals surface area contributed by atoms with Gasteiger partial charge in [0.15, 0.2) is 0 Å². The van der Waals surface area contributed by atoms with Crippen LogP contribution in [0.4, 0.5) is 5.69 Å². The molecule has 0 aromatic heterocycles. The minimum absolute atomic E-state index is 0.643. The summed E-state index contributed by atoms with van der Waals surface area (Å²) in [7, 11) is 0. The van der Waals surface area contributed by atoms with Gasteiger partial charge in [0.25, 0.3) is 0 Å². The first-order valence-electron chi connectivity index (χ1n) is 6.72. The van der Waals surface area contributed by atoms with Gasteiger partial charge in [-0.1, -0.05) is 35.2 Å². The third-order valence-corrected chi connectivity index (χ3v) is 4.16. The quantitative estimate of drug-likeness (QED) is 0.823. The minimum Gasteiger partial charge on any atom is -0.369 e. The van der Waals surface area contributed by atoms with Crippen LogP contribution in [-0.2, 0) is 0 Å². The molecule has 1 aromatic carbocycles. The van der Waals surface area contributed by atoms with E-state index in [9.17, 15) is 0 Å². The van der Waals surface area contributed by atoms with Crippen LogP contribution in [0.2, 0.25) is 0 Å². The van der Waals surface area contributed by atoms with E-state index in [1.54, 1.807) is 0 Å². The van der Waals surface area contributed by atoms with E-state index in [1.807, 2.05) is 12.1 Å². The van der Waals surface area contributed by atoms with Gasteiger partial charge in [-0.3, -0.25) is 0 Å². The maximum atomic E-state index is 9.06. The molecule has 2 nitrogen and oxygen atoms in total. The number of rotatable bonds is 3. The maximum absolute atomic E-state index is 9.06. The Morgan fingerprint density at radius 2 is 2.00 bits per heavy atom. The number of hydrogen-bond acceptors (Lipinski definition) is 2. The lowest BCUT2D eigenvalue weighted by molar-refractivity contribution is 0.418. The molecular weight excluding hydrogens is 288 g/mol. The maximum Gasteiger partial charge on any atom is 0.0992 e. The monoisotopic (exact) mass is 306 g/mol. The van der Waals surface area contributed by atoms with Gasteiger partial charge in [-0.05, 0) is 38.0 Å². The van der Waals surface area contributed by atoms with Crippen LogP contribution in [0.5, 0.6) is 0 Å². The van der Waals surface area contributed by atoms with Crippen molar-refractivity contribution in [2.45, 2.75) is 45.1 Å². The van der Waals surface area contributed by atoms with E-state index in [2.05, 4.69) is 39.9 Å². The van der Waals surface area contributed by atoms with Crippen molar-refractivity contribution in [1.82, 2.24) is 0 Å². The third-order valence-electron chi connectivity index (χ3n) is 3.70. The molecule has 1 aromatic rings. The zero-order valence-electron chi connectivity index (χ0n) is 10.8. The molecule has 1 fully saturated rings. The van der Waals surface area contributed by atoms with Crippen LogP contribution in [0.15, 0.2) is 22.7 Å². The van der Waals surface area contributed by atoms with Gasteiger partial charge < -0.3 is 4.90 Å². The number of hydrogen-bond donors (Lipinski definition) is 0. The average molecular weight is 307 g/mol. The molecule has 0 atom stereocenters. The third kappa shape index (κ3) is 3.05. The SMILES string of the molecule is CCN(c1cc(Br)cc(C#N)c1)C1CCCCC1. The predicted octanol–water partition coefficient (Wildman–Crippen LogP) is 4.48. The number of benzene rings is 1. The first-order valence-corrected chi connectivity index (χ1v) is 7.51. The molecule has 0 amide bonds. The molecule has 18 heavy (non-hydrogen) atoms. The Bertz CT molecular complexity index is 444. The summed E-state index contributed by atoms with van der Waals surface area (Å²) >= 11 is 3.50. The summed E-state index contributed by atoms with van der Waals surface area (Å²) < 4.78 is 0.991. The van der Waals surface area contributed by atoms with Gasteiger partial charge in [0.1, 0.15) is 0 Å². The molecule has 0 aliphatic heterocycles. The van der Waals surface area contributed by atoms with Gasteiger partial charge in [-0.15, -0.1) is 0 Å². The molecule has 0 saturated heterocycles. The molecule has 1 saturated carbocycles. The van der Waals surface area contributed by atoms with Gasteiger partial charge in [0.05, 0.1) is 11.6 Å². The second-order valence-electron chi connectivity index (χ2n) is 4.89. The van der Waals surface area contributed by atoms with Crippen molar-refractivity contribution in [1.29, 1.82) is 5.26 Å². The van der Waals surface area contributed by atoms with Gasteiger partial charge >= 0.3 is 0 Å². The standard InChI is InChI=1S/C15H19BrN2/c1-2-18(14-6-4-3-5-7-14)15-9-12(11-17)8-13(16)10-15/h8-10,14H,2-7H2,1H3. The summed E-state index contributed by atoms with van der Waals surface area (Å²) in [4.78, 5) is 2.45. The Kier molecular flexibility index (Phi) is 4.66. The summed E-state index contributed by atoms with van der Waals surface area (Å²) in [6.45, 7) is 3.20. The summed E-state index contributed by atoms with van der Waals surface area (Å²) in [5, 5.41) is 9.06. The molecule has 0 spiro atoms. The molecular formula is C15H19BrN2. The lowest BCUT2D eigenvalue weighted by atomic mass is 9.93. The molecule has 0 bridgehead atoms. The highest BCUT2D eigenvalue weighted by atomic mass is 79.9.